The lowest BCUT2D eigenvalue weighted by molar-refractivity contribution is -0.113. The van der Waals surface area contributed by atoms with Gasteiger partial charge >= 0.3 is 11.9 Å². The molecule has 2 aromatic rings. The Bertz CT molecular complexity index is 1030. The van der Waals surface area contributed by atoms with Crippen molar-refractivity contribution in [3.8, 4) is 5.75 Å². The SMILES string of the molecule is COC(=O)c1ccc(C=C2SC(=S)N(c3ccc(C(=O)O)c(O)c3)C2=O)cc1. The molecule has 1 aliphatic heterocycles. The highest BCUT2D eigenvalue weighted by atomic mass is 32.2. The van der Waals surface area contributed by atoms with E-state index in [0.29, 0.717) is 16.0 Å². The average Bonchev–Trinajstić information content (AvgIpc) is 2.94. The summed E-state index contributed by atoms with van der Waals surface area (Å²) in [6.45, 7) is 0. The highest BCUT2D eigenvalue weighted by Crippen LogP contribution is 2.37. The van der Waals surface area contributed by atoms with E-state index in [1.54, 1.807) is 30.3 Å². The maximum atomic E-state index is 12.7. The van der Waals surface area contributed by atoms with E-state index < -0.39 is 23.6 Å². The zero-order valence-corrected chi connectivity index (χ0v) is 16.0. The normalized spacial score (nSPS) is 15.2. The van der Waals surface area contributed by atoms with E-state index in [-0.39, 0.29) is 15.6 Å². The molecule has 0 radical (unpaired) electrons. The number of carbonyl (C=O) groups is 3. The first-order valence-corrected chi connectivity index (χ1v) is 9.07. The molecule has 9 heteroatoms. The Morgan fingerprint density at radius 3 is 2.43 bits per heavy atom. The number of thioether (sulfide) groups is 1. The van der Waals surface area contributed by atoms with Crippen LogP contribution >= 0.6 is 24.0 Å². The number of hydrogen-bond donors (Lipinski definition) is 2. The lowest BCUT2D eigenvalue weighted by atomic mass is 10.1. The van der Waals surface area contributed by atoms with Crippen molar-refractivity contribution in [3.05, 3.63) is 64.1 Å². The minimum absolute atomic E-state index is 0.255. The van der Waals surface area contributed by atoms with Gasteiger partial charge in [0, 0.05) is 6.07 Å². The lowest BCUT2D eigenvalue weighted by Crippen LogP contribution is -2.27. The predicted molar refractivity (Wildman–Crippen MR) is 108 cm³/mol. The van der Waals surface area contributed by atoms with Gasteiger partial charge in [-0.15, -0.1) is 0 Å². The van der Waals surface area contributed by atoms with Crippen LogP contribution in [0.25, 0.3) is 6.08 Å². The number of carbonyl (C=O) groups excluding carboxylic acids is 2. The summed E-state index contributed by atoms with van der Waals surface area (Å²) in [6, 6.07) is 10.3. The molecule has 2 N–H and O–H groups in total. The number of thiocarbonyl (C=S) groups is 1. The smallest absolute Gasteiger partial charge is 0.339 e. The molecule has 1 fully saturated rings. The van der Waals surface area contributed by atoms with E-state index in [1.807, 2.05) is 0 Å². The Morgan fingerprint density at radius 1 is 1.18 bits per heavy atom. The molecule has 1 amide bonds. The van der Waals surface area contributed by atoms with Crippen LogP contribution in [0.2, 0.25) is 0 Å². The van der Waals surface area contributed by atoms with E-state index >= 15 is 0 Å². The average molecular weight is 415 g/mol. The maximum Gasteiger partial charge on any atom is 0.339 e. The number of nitrogens with zero attached hydrogens (tertiary/aromatic N) is 1. The van der Waals surface area contributed by atoms with E-state index in [2.05, 4.69) is 4.74 Å². The van der Waals surface area contributed by atoms with Crippen LogP contribution < -0.4 is 4.90 Å². The van der Waals surface area contributed by atoms with Gasteiger partial charge < -0.3 is 14.9 Å². The van der Waals surface area contributed by atoms with Crippen molar-refractivity contribution in [2.75, 3.05) is 12.0 Å². The molecule has 0 aliphatic carbocycles. The summed E-state index contributed by atoms with van der Waals surface area (Å²) in [4.78, 5) is 36.8. The summed E-state index contributed by atoms with van der Waals surface area (Å²) < 4.78 is 4.90. The van der Waals surface area contributed by atoms with Crippen molar-refractivity contribution >= 4 is 57.9 Å². The molecule has 0 aromatic heterocycles. The molecular weight excluding hydrogens is 402 g/mol. The van der Waals surface area contributed by atoms with Crippen LogP contribution in [0.3, 0.4) is 0 Å². The van der Waals surface area contributed by atoms with Crippen molar-refractivity contribution < 1.29 is 29.3 Å². The summed E-state index contributed by atoms with van der Waals surface area (Å²) in [5.74, 6) is -2.58. The number of carboxylic acids is 1. The van der Waals surface area contributed by atoms with Gasteiger partial charge in [0.05, 0.1) is 23.3 Å². The first-order valence-electron chi connectivity index (χ1n) is 7.84. The number of rotatable bonds is 4. The fraction of sp³-hybridized carbons (Fsp3) is 0.0526. The minimum Gasteiger partial charge on any atom is -0.507 e. The Kier molecular flexibility index (Phi) is 5.48. The Labute approximate surface area is 169 Å². The fourth-order valence-electron chi connectivity index (χ4n) is 2.51. The van der Waals surface area contributed by atoms with Crippen molar-refractivity contribution in [1.82, 2.24) is 0 Å². The van der Waals surface area contributed by atoms with E-state index in [9.17, 15) is 19.5 Å². The van der Waals surface area contributed by atoms with Crippen molar-refractivity contribution in [2.45, 2.75) is 0 Å². The molecule has 1 aliphatic rings. The quantitative estimate of drug-likeness (QED) is 0.445. The molecule has 3 rings (SSSR count). The molecule has 0 spiro atoms. The molecule has 0 bridgehead atoms. The second kappa shape index (κ2) is 7.83. The third-order valence-electron chi connectivity index (χ3n) is 3.89. The van der Waals surface area contributed by atoms with Gasteiger partial charge in [-0.3, -0.25) is 9.69 Å². The number of carboxylic acid groups (broad SMARTS) is 1. The number of aromatic hydroxyl groups is 1. The Balaban J connectivity index is 1.87. The second-order valence-electron chi connectivity index (χ2n) is 5.64. The molecule has 1 heterocycles. The van der Waals surface area contributed by atoms with Crippen molar-refractivity contribution in [3.63, 3.8) is 0 Å². The van der Waals surface area contributed by atoms with Crippen LogP contribution in [0, 0.1) is 0 Å². The van der Waals surface area contributed by atoms with Crippen LogP contribution in [0.15, 0.2) is 47.4 Å². The summed E-state index contributed by atoms with van der Waals surface area (Å²) in [6.07, 6.45) is 1.63. The highest BCUT2D eigenvalue weighted by Gasteiger charge is 2.33. The van der Waals surface area contributed by atoms with Gasteiger partial charge in [-0.25, -0.2) is 9.59 Å². The summed E-state index contributed by atoms with van der Waals surface area (Å²) in [7, 11) is 1.29. The number of anilines is 1. The lowest BCUT2D eigenvalue weighted by Gasteiger charge is -2.15. The molecule has 7 nitrogen and oxygen atoms in total. The third-order valence-corrected chi connectivity index (χ3v) is 5.20. The van der Waals surface area contributed by atoms with Gasteiger partial charge in [-0.1, -0.05) is 36.1 Å². The zero-order chi connectivity index (χ0) is 20.4. The Morgan fingerprint density at radius 2 is 1.86 bits per heavy atom. The first kappa shape index (κ1) is 19.6. The number of aromatic carboxylic acids is 1. The molecule has 1 saturated heterocycles. The topological polar surface area (TPSA) is 104 Å². The van der Waals surface area contributed by atoms with Crippen LogP contribution in [-0.2, 0) is 9.53 Å². The third kappa shape index (κ3) is 3.75. The molecule has 2 aromatic carbocycles. The fourth-order valence-corrected chi connectivity index (χ4v) is 3.81. The maximum absolute atomic E-state index is 12.7. The van der Waals surface area contributed by atoms with Crippen LogP contribution in [0.5, 0.6) is 5.75 Å². The largest absolute Gasteiger partial charge is 0.507 e. The number of ether oxygens (including phenoxy) is 1. The van der Waals surface area contributed by atoms with Crippen LogP contribution in [0.1, 0.15) is 26.3 Å². The van der Waals surface area contributed by atoms with Gasteiger partial charge in [-0.2, -0.15) is 0 Å². The Hall–Kier alpha value is -3.17. The van der Waals surface area contributed by atoms with Crippen LogP contribution in [0.4, 0.5) is 5.69 Å². The van der Waals surface area contributed by atoms with Gasteiger partial charge in [0.1, 0.15) is 11.3 Å². The summed E-state index contributed by atoms with van der Waals surface area (Å²) >= 11 is 6.34. The summed E-state index contributed by atoms with van der Waals surface area (Å²) in [5, 5.41) is 18.9. The number of benzene rings is 2. The minimum atomic E-state index is -1.27. The molecule has 0 unspecified atom stereocenters. The van der Waals surface area contributed by atoms with Gasteiger partial charge in [0.25, 0.3) is 5.91 Å². The van der Waals surface area contributed by atoms with E-state index in [4.69, 9.17) is 17.3 Å². The van der Waals surface area contributed by atoms with E-state index in [0.717, 1.165) is 11.8 Å². The van der Waals surface area contributed by atoms with Gasteiger partial charge in [-0.05, 0) is 35.9 Å². The molecular formula is C19H13NO6S2. The number of esters is 1. The van der Waals surface area contributed by atoms with Crippen molar-refractivity contribution in [1.29, 1.82) is 0 Å². The van der Waals surface area contributed by atoms with Gasteiger partial charge in [0.2, 0.25) is 0 Å². The highest BCUT2D eigenvalue weighted by molar-refractivity contribution is 8.27. The number of methoxy groups -OCH3 is 1. The number of amides is 1. The number of hydrogen-bond acceptors (Lipinski definition) is 7. The summed E-state index contributed by atoms with van der Waals surface area (Å²) in [5.41, 5.74) is 1.09. The monoisotopic (exact) mass is 415 g/mol. The molecule has 28 heavy (non-hydrogen) atoms. The van der Waals surface area contributed by atoms with E-state index in [1.165, 1.54) is 30.2 Å². The number of phenols is 1. The molecule has 142 valence electrons. The predicted octanol–water partition coefficient (Wildman–Crippen LogP) is 3.28. The molecule has 0 atom stereocenters. The first-order chi connectivity index (χ1) is 13.3. The zero-order valence-electron chi connectivity index (χ0n) is 14.4. The molecule has 0 saturated carbocycles. The van der Waals surface area contributed by atoms with Gasteiger partial charge in [0.15, 0.2) is 4.32 Å². The standard InChI is InChI=1S/C19H13NO6S2/c1-26-18(25)11-4-2-10(3-5-11)8-15-16(22)20(19(27)28-15)12-6-7-13(17(23)24)14(21)9-12/h2-9,21H,1H3,(H,23,24). The van der Waals surface area contributed by atoms with Crippen LogP contribution in [-0.4, -0.2) is 39.5 Å². The second-order valence-corrected chi connectivity index (χ2v) is 7.31. The van der Waals surface area contributed by atoms with Crippen molar-refractivity contribution in [2.24, 2.45) is 0 Å².